The molecule has 1 amide bonds. The van der Waals surface area contributed by atoms with Crippen LogP contribution in [0.4, 0.5) is 5.69 Å². The minimum absolute atomic E-state index is 0.0197. The number of nitrogens with one attached hydrogen (secondary N) is 1. The standard InChI is InChI=1S/C21H26N2O3/c1-14-6-5-7-15(2)21(14)22-20(24)13-23-9-8-16-10-18(25-3)19(26-4)11-17(16)12-23/h5-7,10-11H,8-9,12-13H2,1-4H3,(H,22,24). The summed E-state index contributed by atoms with van der Waals surface area (Å²) in [6.07, 6.45) is 0.895. The van der Waals surface area contributed by atoms with Crippen molar-refractivity contribution in [1.29, 1.82) is 0 Å². The summed E-state index contributed by atoms with van der Waals surface area (Å²) >= 11 is 0. The number of para-hydroxylation sites is 1. The minimum Gasteiger partial charge on any atom is -0.493 e. The first-order chi connectivity index (χ1) is 12.5. The molecular formula is C21H26N2O3. The Balaban J connectivity index is 1.68. The van der Waals surface area contributed by atoms with E-state index in [2.05, 4.69) is 10.2 Å². The maximum absolute atomic E-state index is 12.5. The lowest BCUT2D eigenvalue weighted by atomic mass is 9.99. The smallest absolute Gasteiger partial charge is 0.238 e. The van der Waals surface area contributed by atoms with Gasteiger partial charge in [-0.1, -0.05) is 18.2 Å². The molecule has 0 aliphatic carbocycles. The Morgan fingerprint density at radius 3 is 2.31 bits per heavy atom. The summed E-state index contributed by atoms with van der Waals surface area (Å²) in [7, 11) is 3.29. The van der Waals surface area contributed by atoms with Gasteiger partial charge in [-0.05, 0) is 54.7 Å². The summed E-state index contributed by atoms with van der Waals surface area (Å²) < 4.78 is 10.8. The summed E-state index contributed by atoms with van der Waals surface area (Å²) in [5, 5.41) is 3.07. The van der Waals surface area contributed by atoms with E-state index in [0.717, 1.165) is 47.8 Å². The van der Waals surface area contributed by atoms with E-state index in [4.69, 9.17) is 9.47 Å². The third-order valence-corrected chi connectivity index (χ3v) is 4.91. The zero-order valence-electron chi connectivity index (χ0n) is 15.9. The Morgan fingerprint density at radius 2 is 1.69 bits per heavy atom. The topological polar surface area (TPSA) is 50.8 Å². The Bertz CT molecular complexity index is 797. The van der Waals surface area contributed by atoms with Crippen LogP contribution in [-0.2, 0) is 17.8 Å². The molecule has 2 aromatic rings. The van der Waals surface area contributed by atoms with Crippen LogP contribution in [-0.4, -0.2) is 38.1 Å². The zero-order chi connectivity index (χ0) is 18.7. The lowest BCUT2D eigenvalue weighted by molar-refractivity contribution is -0.117. The van der Waals surface area contributed by atoms with E-state index in [-0.39, 0.29) is 5.91 Å². The van der Waals surface area contributed by atoms with Crippen molar-refractivity contribution in [2.24, 2.45) is 0 Å². The van der Waals surface area contributed by atoms with E-state index in [1.807, 2.05) is 44.2 Å². The Labute approximate surface area is 154 Å². The second-order valence-electron chi connectivity index (χ2n) is 6.75. The number of carbonyl (C=O) groups excluding carboxylic acids is 1. The number of hydrogen-bond acceptors (Lipinski definition) is 4. The number of benzene rings is 2. The lowest BCUT2D eigenvalue weighted by Crippen LogP contribution is -2.37. The molecule has 1 heterocycles. The highest BCUT2D eigenvalue weighted by atomic mass is 16.5. The Hall–Kier alpha value is -2.53. The molecule has 1 aliphatic heterocycles. The number of amides is 1. The van der Waals surface area contributed by atoms with Crippen LogP contribution in [0.2, 0.25) is 0 Å². The maximum Gasteiger partial charge on any atom is 0.238 e. The van der Waals surface area contributed by atoms with E-state index in [1.54, 1.807) is 14.2 Å². The van der Waals surface area contributed by atoms with Gasteiger partial charge in [-0.2, -0.15) is 0 Å². The van der Waals surface area contributed by atoms with Gasteiger partial charge >= 0.3 is 0 Å². The van der Waals surface area contributed by atoms with Crippen LogP contribution in [0.3, 0.4) is 0 Å². The molecule has 0 spiro atoms. The average Bonchev–Trinajstić information content (AvgIpc) is 2.63. The second-order valence-corrected chi connectivity index (χ2v) is 6.75. The second kappa shape index (κ2) is 7.79. The van der Waals surface area contributed by atoms with Crippen LogP contribution in [0.25, 0.3) is 0 Å². The van der Waals surface area contributed by atoms with Crippen LogP contribution >= 0.6 is 0 Å². The van der Waals surface area contributed by atoms with E-state index >= 15 is 0 Å². The molecule has 0 aromatic heterocycles. The van der Waals surface area contributed by atoms with Crippen molar-refractivity contribution in [3.63, 3.8) is 0 Å². The number of nitrogens with zero attached hydrogens (tertiary/aromatic N) is 1. The molecule has 0 radical (unpaired) electrons. The Morgan fingerprint density at radius 1 is 1.08 bits per heavy atom. The van der Waals surface area contributed by atoms with Gasteiger partial charge in [-0.3, -0.25) is 9.69 Å². The van der Waals surface area contributed by atoms with Gasteiger partial charge in [0, 0.05) is 18.8 Å². The third-order valence-electron chi connectivity index (χ3n) is 4.91. The molecule has 0 saturated heterocycles. The van der Waals surface area contributed by atoms with E-state index in [0.29, 0.717) is 6.54 Å². The number of anilines is 1. The van der Waals surface area contributed by atoms with Crippen molar-refractivity contribution in [3.05, 3.63) is 52.6 Å². The molecule has 0 saturated carbocycles. The fourth-order valence-electron chi connectivity index (χ4n) is 3.47. The molecule has 1 aliphatic rings. The molecule has 5 heteroatoms. The van der Waals surface area contributed by atoms with Gasteiger partial charge in [0.25, 0.3) is 0 Å². The van der Waals surface area contributed by atoms with Crippen molar-refractivity contribution in [2.45, 2.75) is 26.8 Å². The van der Waals surface area contributed by atoms with Gasteiger partial charge in [-0.15, -0.1) is 0 Å². The van der Waals surface area contributed by atoms with Crippen molar-refractivity contribution in [1.82, 2.24) is 4.90 Å². The number of fused-ring (bicyclic) bond motifs is 1. The number of ether oxygens (including phenoxy) is 2. The predicted molar refractivity (Wildman–Crippen MR) is 103 cm³/mol. The number of rotatable bonds is 5. The molecule has 2 aromatic carbocycles. The minimum atomic E-state index is 0.0197. The lowest BCUT2D eigenvalue weighted by Gasteiger charge is -2.29. The average molecular weight is 354 g/mol. The zero-order valence-corrected chi connectivity index (χ0v) is 15.9. The predicted octanol–water partition coefficient (Wildman–Crippen LogP) is 3.32. The largest absolute Gasteiger partial charge is 0.493 e. The van der Waals surface area contributed by atoms with E-state index < -0.39 is 0 Å². The number of methoxy groups -OCH3 is 2. The number of carbonyl (C=O) groups is 1. The fourth-order valence-corrected chi connectivity index (χ4v) is 3.47. The summed E-state index contributed by atoms with van der Waals surface area (Å²) in [4.78, 5) is 14.7. The van der Waals surface area contributed by atoms with Crippen LogP contribution in [0.15, 0.2) is 30.3 Å². The number of hydrogen-bond donors (Lipinski definition) is 1. The van der Waals surface area contributed by atoms with Crippen LogP contribution in [0, 0.1) is 13.8 Å². The summed E-state index contributed by atoms with van der Waals surface area (Å²) in [5.74, 6) is 1.51. The molecule has 26 heavy (non-hydrogen) atoms. The highest BCUT2D eigenvalue weighted by Crippen LogP contribution is 2.33. The molecule has 0 fully saturated rings. The highest BCUT2D eigenvalue weighted by Gasteiger charge is 2.21. The first kappa shape index (κ1) is 18.3. The summed E-state index contributed by atoms with van der Waals surface area (Å²) in [6.45, 7) is 5.99. The van der Waals surface area contributed by atoms with Crippen LogP contribution in [0.5, 0.6) is 11.5 Å². The SMILES string of the molecule is COc1cc2c(cc1OC)CN(CC(=O)Nc1c(C)cccc1C)CC2. The summed E-state index contributed by atoms with van der Waals surface area (Å²) in [6, 6.07) is 10.1. The third kappa shape index (κ3) is 3.83. The van der Waals surface area contributed by atoms with Gasteiger partial charge < -0.3 is 14.8 Å². The maximum atomic E-state index is 12.5. The molecular weight excluding hydrogens is 328 g/mol. The van der Waals surface area contributed by atoms with Gasteiger partial charge in [-0.25, -0.2) is 0 Å². The highest BCUT2D eigenvalue weighted by molar-refractivity contribution is 5.93. The molecule has 5 nitrogen and oxygen atoms in total. The molecule has 138 valence electrons. The van der Waals surface area contributed by atoms with Crippen LogP contribution in [0.1, 0.15) is 22.3 Å². The molecule has 0 bridgehead atoms. The number of aryl methyl sites for hydroxylation is 2. The van der Waals surface area contributed by atoms with Gasteiger partial charge in [0.2, 0.25) is 5.91 Å². The first-order valence-electron chi connectivity index (χ1n) is 8.84. The van der Waals surface area contributed by atoms with Crippen molar-refractivity contribution >= 4 is 11.6 Å². The molecule has 0 atom stereocenters. The molecule has 1 N–H and O–H groups in total. The van der Waals surface area contributed by atoms with Crippen molar-refractivity contribution in [3.8, 4) is 11.5 Å². The van der Waals surface area contributed by atoms with E-state index in [1.165, 1.54) is 11.1 Å². The normalized spacial score (nSPS) is 13.8. The van der Waals surface area contributed by atoms with Gasteiger partial charge in [0.05, 0.1) is 20.8 Å². The molecule has 0 unspecified atom stereocenters. The molecule has 3 rings (SSSR count). The first-order valence-corrected chi connectivity index (χ1v) is 8.84. The summed E-state index contributed by atoms with van der Waals surface area (Å²) in [5.41, 5.74) is 5.53. The monoisotopic (exact) mass is 354 g/mol. The quantitative estimate of drug-likeness (QED) is 0.895. The van der Waals surface area contributed by atoms with Crippen molar-refractivity contribution in [2.75, 3.05) is 32.6 Å². The van der Waals surface area contributed by atoms with Crippen LogP contribution < -0.4 is 14.8 Å². The fraction of sp³-hybridized carbons (Fsp3) is 0.381. The Kier molecular flexibility index (Phi) is 5.47. The van der Waals surface area contributed by atoms with Gasteiger partial charge in [0.15, 0.2) is 11.5 Å². The van der Waals surface area contributed by atoms with Crippen molar-refractivity contribution < 1.29 is 14.3 Å². The van der Waals surface area contributed by atoms with Gasteiger partial charge in [0.1, 0.15) is 0 Å². The van der Waals surface area contributed by atoms with E-state index in [9.17, 15) is 4.79 Å².